The molecular weight excluding hydrogens is 544 g/mol. The van der Waals surface area contributed by atoms with E-state index in [4.69, 9.17) is 19.5 Å². The van der Waals surface area contributed by atoms with Gasteiger partial charge in [-0.1, -0.05) is 169 Å². The van der Waals surface area contributed by atoms with Crippen molar-refractivity contribution < 1.29 is 25.0 Å². The molecule has 1 nitrogen and oxygen atoms in total. The number of hydrogen-bond acceptors (Lipinski definition) is 1. The van der Waals surface area contributed by atoms with Gasteiger partial charge in [-0.3, -0.25) is 0 Å². The highest BCUT2D eigenvalue weighted by Gasteiger charge is 2.21. The number of furan rings is 1. The molecule has 0 spiro atoms. The summed E-state index contributed by atoms with van der Waals surface area (Å²) in [6.07, 6.45) is 0. The molecule has 0 saturated carbocycles. The molecule has 0 aliphatic heterocycles. The molecule has 1 aromatic heterocycles. The minimum absolute atomic E-state index is 0.0376. The van der Waals surface area contributed by atoms with Crippen LogP contribution in [0.2, 0.25) is 0 Å². The van der Waals surface area contributed by atoms with Crippen LogP contribution >= 0.6 is 0 Å². The van der Waals surface area contributed by atoms with Gasteiger partial charge in [-0.2, -0.15) is 0 Å². The minimum Gasteiger partial charge on any atom is -0.455 e. The Labute approximate surface area is 282 Å². The molecule has 210 valence electrons. The lowest BCUT2D eigenvalue weighted by atomic mass is 9.85. The topological polar surface area (TPSA) is 13.1 Å². The van der Waals surface area contributed by atoms with Gasteiger partial charge in [0.15, 0.2) is 0 Å². The van der Waals surface area contributed by atoms with Crippen molar-refractivity contribution in [2.24, 2.45) is 0 Å². The van der Waals surface area contributed by atoms with Gasteiger partial charge in [-0.25, -0.2) is 0 Å². The van der Waals surface area contributed by atoms with Crippen molar-refractivity contribution in [1.29, 1.82) is 0 Å². The summed E-state index contributed by atoms with van der Waals surface area (Å²) >= 11 is 0. The van der Waals surface area contributed by atoms with Crippen molar-refractivity contribution in [2.45, 2.75) is 0 Å². The normalized spacial score (nSPS) is 16.2. The molecule has 8 aromatic carbocycles. The van der Waals surface area contributed by atoms with Gasteiger partial charge >= 0.3 is 0 Å². The maximum atomic E-state index is 9.39. The minimum atomic E-state index is -0.622. The van der Waals surface area contributed by atoms with Crippen molar-refractivity contribution in [3.63, 3.8) is 0 Å². The predicted octanol–water partition coefficient (Wildman–Crippen LogP) is 12.6. The molecule has 9 aromatic rings. The highest BCUT2D eigenvalue weighted by atomic mass is 16.3. The first kappa shape index (κ1) is 14.7. The molecule has 0 N–H and O–H groups in total. The van der Waals surface area contributed by atoms with Crippen molar-refractivity contribution in [3.05, 3.63) is 169 Å². The Morgan fingerprint density at radius 2 is 0.911 bits per heavy atom. The van der Waals surface area contributed by atoms with E-state index in [1.54, 1.807) is 66.7 Å². The monoisotopic (exact) mass is 587 g/mol. The summed E-state index contributed by atoms with van der Waals surface area (Å²) in [4.78, 5) is 0. The summed E-state index contributed by atoms with van der Waals surface area (Å²) in [7, 11) is 0. The molecular formula is C44H28O. The van der Waals surface area contributed by atoms with Crippen LogP contribution in [0.1, 0.15) is 20.6 Å². The van der Waals surface area contributed by atoms with E-state index in [-0.39, 0.29) is 90.3 Å². The van der Waals surface area contributed by atoms with Crippen LogP contribution in [0.4, 0.5) is 0 Å². The first-order valence-corrected chi connectivity index (χ1v) is 14.2. The van der Waals surface area contributed by atoms with Crippen LogP contribution in [0.3, 0.4) is 0 Å². The zero-order chi connectivity index (χ0) is 42.8. The van der Waals surface area contributed by atoms with Gasteiger partial charge in [-0.05, 0) is 49.4 Å². The molecule has 0 bridgehead atoms. The summed E-state index contributed by atoms with van der Waals surface area (Å²) < 4.78 is 140. The average Bonchev–Trinajstić information content (AvgIpc) is 3.63. The molecule has 0 unspecified atom stereocenters. The van der Waals surface area contributed by atoms with Crippen LogP contribution < -0.4 is 0 Å². The molecule has 0 atom stereocenters. The Morgan fingerprint density at radius 3 is 1.62 bits per heavy atom. The molecule has 0 saturated heterocycles. The third kappa shape index (κ3) is 4.09. The third-order valence-corrected chi connectivity index (χ3v) is 8.03. The van der Waals surface area contributed by atoms with Crippen molar-refractivity contribution in [2.75, 3.05) is 0 Å². The van der Waals surface area contributed by atoms with Crippen LogP contribution in [0.25, 0.3) is 88.0 Å². The lowest BCUT2D eigenvalue weighted by molar-refractivity contribution is 0.671. The van der Waals surface area contributed by atoms with E-state index in [0.717, 1.165) is 0 Å². The van der Waals surface area contributed by atoms with E-state index < -0.39 is 66.5 Å². The van der Waals surface area contributed by atoms with E-state index in [9.17, 15) is 5.48 Å². The summed E-state index contributed by atoms with van der Waals surface area (Å²) in [6.45, 7) is 0. The molecule has 1 heteroatoms. The highest BCUT2D eigenvalue weighted by molar-refractivity contribution is 6.24. The standard InChI is InChI=1S/C44H28O/c1-3-13-29(14-4-1)30-25-27-32(28-26-30)41-34-17-7-9-19-36(34)42(37-20-10-8-18-35(37)41)40-24-12-23-39-38-22-11-21-33(43(38)45-44(39)40)31-15-5-2-6-16-31/h1-28H/i2D,5D,6D,7D,8D,9D,10D,15D,16D,17D,19D,25D,26D,27D,28D. The molecule has 45 heavy (non-hydrogen) atoms. The third-order valence-electron chi connectivity index (χ3n) is 8.03. The SMILES string of the molecule is [2H]c1cc2c(-c3c([2H])c([2H])c(-c4ccccc4)c([2H])c3[2H])c3c([2H])c([2H])c([2H])c([2H])c3c(-c3cccc4c3oc3c(-c5c([2H])c([2H])c([2H])c([2H])c5[2H])cccc34)c2cc1[2H]. The van der Waals surface area contributed by atoms with Gasteiger partial charge in [0.1, 0.15) is 11.2 Å². The van der Waals surface area contributed by atoms with E-state index in [1.165, 1.54) is 12.1 Å². The second-order valence-electron chi connectivity index (χ2n) is 10.5. The van der Waals surface area contributed by atoms with E-state index >= 15 is 0 Å². The number of para-hydroxylation sites is 2. The van der Waals surface area contributed by atoms with Gasteiger partial charge in [-0.15, -0.1) is 0 Å². The second kappa shape index (κ2) is 10.4. The maximum absolute atomic E-state index is 9.39. The van der Waals surface area contributed by atoms with Gasteiger partial charge < -0.3 is 4.42 Å². The fraction of sp³-hybridized carbons (Fsp3) is 0. The Hall–Kier alpha value is -5.92. The fourth-order valence-corrected chi connectivity index (χ4v) is 6.08. The largest absolute Gasteiger partial charge is 0.455 e. The van der Waals surface area contributed by atoms with Crippen LogP contribution in [0.5, 0.6) is 0 Å². The van der Waals surface area contributed by atoms with Gasteiger partial charge in [0, 0.05) is 27.5 Å². The molecule has 0 fully saturated rings. The Kier molecular flexibility index (Phi) is 3.39. The van der Waals surface area contributed by atoms with Crippen LogP contribution in [0, 0.1) is 0 Å². The number of rotatable bonds is 4. The van der Waals surface area contributed by atoms with Crippen molar-refractivity contribution >= 4 is 43.5 Å². The first-order chi connectivity index (χ1) is 28.6. The molecule has 0 aliphatic rings. The van der Waals surface area contributed by atoms with E-state index in [0.29, 0.717) is 21.9 Å². The molecule has 0 radical (unpaired) electrons. The number of hydrogen-bond donors (Lipinski definition) is 0. The Bertz CT molecular complexity index is 3320. The van der Waals surface area contributed by atoms with E-state index in [1.807, 2.05) is 0 Å². The Balaban J connectivity index is 1.47. The van der Waals surface area contributed by atoms with Crippen molar-refractivity contribution in [1.82, 2.24) is 0 Å². The van der Waals surface area contributed by atoms with Crippen LogP contribution in [0.15, 0.2) is 174 Å². The average molecular weight is 588 g/mol. The van der Waals surface area contributed by atoms with Gasteiger partial charge in [0.05, 0.1) is 20.6 Å². The Morgan fingerprint density at radius 1 is 0.333 bits per heavy atom. The van der Waals surface area contributed by atoms with Crippen LogP contribution in [-0.2, 0) is 0 Å². The highest BCUT2D eigenvalue weighted by Crippen LogP contribution is 2.47. The summed E-state index contributed by atoms with van der Waals surface area (Å²) in [6, 6.07) is 14.4. The van der Waals surface area contributed by atoms with Crippen molar-refractivity contribution in [3.8, 4) is 44.5 Å². The summed E-state index contributed by atoms with van der Waals surface area (Å²) in [5.74, 6) is 0. The van der Waals surface area contributed by atoms with Gasteiger partial charge in [0.25, 0.3) is 0 Å². The molecule has 9 rings (SSSR count). The molecule has 0 amide bonds. The number of benzene rings is 8. The zero-order valence-electron chi connectivity index (χ0n) is 38.4. The molecule has 1 heterocycles. The van der Waals surface area contributed by atoms with Crippen LogP contribution in [-0.4, -0.2) is 0 Å². The second-order valence-corrected chi connectivity index (χ2v) is 10.5. The smallest absolute Gasteiger partial charge is 0.143 e. The lowest BCUT2D eigenvalue weighted by Gasteiger charge is -2.18. The maximum Gasteiger partial charge on any atom is 0.143 e. The quantitative estimate of drug-likeness (QED) is 0.187. The van der Waals surface area contributed by atoms with E-state index in [2.05, 4.69) is 0 Å². The summed E-state index contributed by atoms with van der Waals surface area (Å²) in [5, 5.41) is 1.16. The zero-order valence-corrected chi connectivity index (χ0v) is 23.4. The first-order valence-electron chi connectivity index (χ1n) is 21.7. The lowest BCUT2D eigenvalue weighted by Crippen LogP contribution is -1.91. The number of fused-ring (bicyclic) bond motifs is 5. The summed E-state index contributed by atoms with van der Waals surface area (Å²) in [5.41, 5.74) is 1.14. The fourth-order valence-electron chi connectivity index (χ4n) is 6.08. The predicted molar refractivity (Wildman–Crippen MR) is 190 cm³/mol. The molecule has 0 aliphatic carbocycles. The van der Waals surface area contributed by atoms with Gasteiger partial charge in [0.2, 0.25) is 0 Å².